The Morgan fingerprint density at radius 2 is 1.71 bits per heavy atom. The third-order valence-electron chi connectivity index (χ3n) is 5.02. The van der Waals surface area contributed by atoms with E-state index in [4.69, 9.17) is 0 Å². The minimum absolute atomic E-state index is 0.131. The first-order valence-electron chi connectivity index (χ1n) is 9.03. The highest BCUT2D eigenvalue weighted by Gasteiger charge is 2.31. The quantitative estimate of drug-likeness (QED) is 0.760. The van der Waals surface area contributed by atoms with Crippen LogP contribution >= 0.6 is 0 Å². The highest BCUT2D eigenvalue weighted by Crippen LogP contribution is 2.36. The van der Waals surface area contributed by atoms with Crippen molar-refractivity contribution < 1.29 is 21.6 Å². The van der Waals surface area contributed by atoms with Crippen LogP contribution in [0.4, 0.5) is 13.2 Å². The zero-order chi connectivity index (χ0) is 20.5. The molecular formula is C19H21F3N2O3S. The highest BCUT2D eigenvalue weighted by molar-refractivity contribution is 7.90. The van der Waals surface area contributed by atoms with E-state index in [0.717, 1.165) is 38.4 Å². The van der Waals surface area contributed by atoms with Gasteiger partial charge in [-0.25, -0.2) is 13.1 Å². The van der Waals surface area contributed by atoms with Gasteiger partial charge in [0.1, 0.15) is 6.54 Å². The zero-order valence-electron chi connectivity index (χ0n) is 15.4. The van der Waals surface area contributed by atoms with Crippen LogP contribution in [0.5, 0.6) is 0 Å². The van der Waals surface area contributed by atoms with Crippen LogP contribution in [0.1, 0.15) is 43.6 Å². The summed E-state index contributed by atoms with van der Waals surface area (Å²) in [5.74, 6) is -0.131. The second-order valence-corrected chi connectivity index (χ2v) is 9.20. The van der Waals surface area contributed by atoms with Gasteiger partial charge in [0, 0.05) is 17.4 Å². The number of hydrogen-bond donors (Lipinski definition) is 0. The molecule has 1 aliphatic carbocycles. The molecule has 152 valence electrons. The minimum atomic E-state index is -4.54. The highest BCUT2D eigenvalue weighted by atomic mass is 32.2. The van der Waals surface area contributed by atoms with Gasteiger partial charge in [-0.05, 0) is 36.5 Å². The fourth-order valence-corrected chi connectivity index (χ4v) is 4.31. The number of rotatable bonds is 4. The van der Waals surface area contributed by atoms with E-state index in [2.05, 4.69) is 5.10 Å². The van der Waals surface area contributed by atoms with E-state index in [1.807, 2.05) is 0 Å². The molecule has 0 radical (unpaired) electrons. The molecule has 1 aromatic heterocycles. The maximum Gasteiger partial charge on any atom is 0.408 e. The topological polar surface area (TPSA) is 69.0 Å². The van der Waals surface area contributed by atoms with Gasteiger partial charge in [-0.2, -0.15) is 18.3 Å². The van der Waals surface area contributed by atoms with Crippen molar-refractivity contribution in [2.24, 2.45) is 0 Å². The Morgan fingerprint density at radius 3 is 2.25 bits per heavy atom. The third-order valence-corrected chi connectivity index (χ3v) is 6.15. The van der Waals surface area contributed by atoms with Gasteiger partial charge >= 0.3 is 6.18 Å². The fraction of sp³-hybridized carbons (Fsp3) is 0.474. The number of halogens is 3. The van der Waals surface area contributed by atoms with E-state index in [1.54, 1.807) is 12.1 Å². The van der Waals surface area contributed by atoms with Crippen molar-refractivity contribution in [2.75, 3.05) is 6.26 Å². The number of aromatic nitrogens is 2. The summed E-state index contributed by atoms with van der Waals surface area (Å²) >= 11 is 0. The molecule has 0 saturated heterocycles. The molecule has 1 aliphatic rings. The number of sulfone groups is 1. The van der Waals surface area contributed by atoms with Crippen molar-refractivity contribution in [1.82, 2.24) is 9.78 Å². The van der Waals surface area contributed by atoms with Gasteiger partial charge in [-0.3, -0.25) is 4.79 Å². The van der Waals surface area contributed by atoms with E-state index < -0.39 is 28.1 Å². The lowest BCUT2D eigenvalue weighted by molar-refractivity contribution is -0.143. The third kappa shape index (κ3) is 4.63. The molecule has 1 heterocycles. The Balaban J connectivity index is 2.12. The Labute approximate surface area is 161 Å². The summed E-state index contributed by atoms with van der Waals surface area (Å²) in [7, 11) is -3.37. The number of benzene rings is 1. The maximum absolute atomic E-state index is 12.9. The lowest BCUT2D eigenvalue weighted by Crippen LogP contribution is -2.33. The Morgan fingerprint density at radius 1 is 1.11 bits per heavy atom. The molecule has 0 aliphatic heterocycles. The van der Waals surface area contributed by atoms with Crippen LogP contribution in [0.3, 0.4) is 0 Å². The molecule has 5 nitrogen and oxygen atoms in total. The molecule has 0 amide bonds. The van der Waals surface area contributed by atoms with Crippen LogP contribution in [0.25, 0.3) is 11.1 Å². The van der Waals surface area contributed by atoms with Crippen molar-refractivity contribution in [3.05, 3.63) is 46.4 Å². The second kappa shape index (κ2) is 7.69. The first kappa shape index (κ1) is 20.6. The fourth-order valence-electron chi connectivity index (χ4n) is 3.68. The van der Waals surface area contributed by atoms with Crippen molar-refractivity contribution in [3.8, 4) is 11.1 Å². The van der Waals surface area contributed by atoms with Crippen LogP contribution in [-0.2, 0) is 16.4 Å². The standard InChI is InChI=1S/C19H21F3N2O3S/c1-28(26,27)15-9-7-13(8-10-15)16-11-23-24(12-19(20,21)22)18(25)17(16)14-5-3-2-4-6-14/h7-11,14H,2-6,12H2,1H3. The maximum atomic E-state index is 12.9. The van der Waals surface area contributed by atoms with Gasteiger partial charge in [0.2, 0.25) is 0 Å². The van der Waals surface area contributed by atoms with Crippen molar-refractivity contribution in [3.63, 3.8) is 0 Å². The molecule has 3 rings (SSSR count). The zero-order valence-corrected chi connectivity index (χ0v) is 16.2. The second-order valence-electron chi connectivity index (χ2n) is 7.18. The summed E-state index contributed by atoms with van der Waals surface area (Å²) < 4.78 is 62.2. The van der Waals surface area contributed by atoms with Gasteiger partial charge in [-0.1, -0.05) is 31.4 Å². The van der Waals surface area contributed by atoms with E-state index in [-0.39, 0.29) is 10.8 Å². The van der Waals surface area contributed by atoms with Crippen LogP contribution in [0.15, 0.2) is 40.2 Å². The smallest absolute Gasteiger partial charge is 0.267 e. The predicted molar refractivity (Wildman–Crippen MR) is 98.9 cm³/mol. The lowest BCUT2D eigenvalue weighted by Gasteiger charge is -2.24. The van der Waals surface area contributed by atoms with Crippen LogP contribution in [0, 0.1) is 0 Å². The molecule has 9 heteroatoms. The van der Waals surface area contributed by atoms with E-state index in [9.17, 15) is 26.4 Å². The largest absolute Gasteiger partial charge is 0.408 e. The first-order valence-corrected chi connectivity index (χ1v) is 10.9. The van der Waals surface area contributed by atoms with Crippen LogP contribution < -0.4 is 5.56 Å². The van der Waals surface area contributed by atoms with E-state index >= 15 is 0 Å². The molecule has 2 aromatic rings. The Kier molecular flexibility index (Phi) is 5.65. The summed E-state index contributed by atoms with van der Waals surface area (Å²) in [4.78, 5) is 13.0. The normalized spacial score (nSPS) is 16.3. The molecule has 1 fully saturated rings. The van der Waals surface area contributed by atoms with Gasteiger partial charge in [0.05, 0.1) is 11.1 Å². The average molecular weight is 414 g/mol. The summed E-state index contributed by atoms with van der Waals surface area (Å²) in [6, 6.07) is 5.98. The number of hydrogen-bond acceptors (Lipinski definition) is 4. The summed E-state index contributed by atoms with van der Waals surface area (Å²) in [6.45, 7) is -1.43. The van der Waals surface area contributed by atoms with Crippen molar-refractivity contribution in [2.45, 2.75) is 55.6 Å². The molecule has 0 N–H and O–H groups in total. The predicted octanol–water partition coefficient (Wildman–Crippen LogP) is 3.92. The molecule has 28 heavy (non-hydrogen) atoms. The van der Waals surface area contributed by atoms with Gasteiger partial charge in [0.15, 0.2) is 9.84 Å². The summed E-state index contributed by atoms with van der Waals surface area (Å²) in [5, 5.41) is 3.73. The van der Waals surface area contributed by atoms with Crippen LogP contribution in [0.2, 0.25) is 0 Å². The Hall–Kier alpha value is -2.16. The Bertz CT molecular complexity index is 1010. The lowest BCUT2D eigenvalue weighted by atomic mass is 9.82. The number of alkyl halides is 3. The molecule has 0 atom stereocenters. The van der Waals surface area contributed by atoms with Crippen LogP contribution in [-0.4, -0.2) is 30.6 Å². The van der Waals surface area contributed by atoms with Crippen molar-refractivity contribution >= 4 is 9.84 Å². The molecular weight excluding hydrogens is 393 g/mol. The summed E-state index contributed by atoms with van der Waals surface area (Å²) in [5.41, 5.74) is 0.645. The number of nitrogens with zero attached hydrogens (tertiary/aromatic N) is 2. The monoisotopic (exact) mass is 414 g/mol. The summed E-state index contributed by atoms with van der Waals surface area (Å²) in [6.07, 6.45) is 2.17. The molecule has 0 bridgehead atoms. The van der Waals surface area contributed by atoms with Crippen molar-refractivity contribution in [1.29, 1.82) is 0 Å². The molecule has 1 saturated carbocycles. The molecule has 0 spiro atoms. The SMILES string of the molecule is CS(=O)(=O)c1ccc(-c2cnn(CC(F)(F)F)c(=O)c2C2CCCCC2)cc1. The van der Waals surface area contributed by atoms with E-state index in [0.29, 0.717) is 21.4 Å². The van der Waals surface area contributed by atoms with Gasteiger partial charge in [0.25, 0.3) is 5.56 Å². The first-order chi connectivity index (χ1) is 13.1. The molecule has 1 aromatic carbocycles. The minimum Gasteiger partial charge on any atom is -0.267 e. The van der Waals surface area contributed by atoms with Gasteiger partial charge in [-0.15, -0.1) is 0 Å². The molecule has 0 unspecified atom stereocenters. The van der Waals surface area contributed by atoms with Gasteiger partial charge < -0.3 is 0 Å². The van der Waals surface area contributed by atoms with E-state index in [1.165, 1.54) is 18.3 Å². The average Bonchev–Trinajstić information content (AvgIpc) is 2.62.